The summed E-state index contributed by atoms with van der Waals surface area (Å²) in [6.07, 6.45) is 0. The Kier molecular flexibility index (Phi) is 4.10. The van der Waals surface area contributed by atoms with E-state index in [1.165, 1.54) is 0 Å². The maximum absolute atomic E-state index is 12.5. The van der Waals surface area contributed by atoms with Gasteiger partial charge in [-0.05, 0) is 34.1 Å². The van der Waals surface area contributed by atoms with E-state index in [1.807, 2.05) is 33.9 Å². The summed E-state index contributed by atoms with van der Waals surface area (Å²) in [6.45, 7) is 9.42. The van der Waals surface area contributed by atoms with Gasteiger partial charge in [-0.15, -0.1) is 0 Å². The Morgan fingerprint density at radius 1 is 1.23 bits per heavy atom. The predicted octanol–water partition coefficient (Wildman–Crippen LogP) is 4.00. The predicted molar refractivity (Wildman–Crippen MR) is 57.0 cm³/mol. The van der Waals surface area contributed by atoms with Crippen molar-refractivity contribution in [3.05, 3.63) is 0 Å². The van der Waals surface area contributed by atoms with Gasteiger partial charge in [0.15, 0.2) is 8.32 Å². The van der Waals surface area contributed by atoms with E-state index in [2.05, 4.69) is 15.9 Å². The number of alkyl halides is 3. The van der Waals surface area contributed by atoms with Gasteiger partial charge in [0.05, 0.1) is 0 Å². The van der Waals surface area contributed by atoms with Crippen LogP contribution in [0.1, 0.15) is 20.8 Å². The first-order chi connectivity index (χ1) is 5.46. The molecular weight excluding hydrogens is 258 g/mol. The molecule has 0 N–H and O–H groups in total. The second-order valence-electron chi connectivity index (χ2n) is 4.66. The van der Waals surface area contributed by atoms with Crippen LogP contribution in [0.4, 0.5) is 8.78 Å². The van der Waals surface area contributed by atoms with E-state index in [-0.39, 0.29) is 5.04 Å². The topological polar surface area (TPSA) is 9.23 Å². The van der Waals surface area contributed by atoms with E-state index in [1.54, 1.807) is 0 Å². The molecule has 0 unspecified atom stereocenters. The molecule has 0 saturated carbocycles. The zero-order chi connectivity index (χ0) is 10.9. The Hall–Kier alpha value is 0.517. The van der Waals surface area contributed by atoms with Gasteiger partial charge in [-0.3, -0.25) is 0 Å². The molecule has 80 valence electrons. The van der Waals surface area contributed by atoms with E-state index in [4.69, 9.17) is 4.43 Å². The normalized spacial score (nSPS) is 14.8. The molecule has 0 amide bonds. The van der Waals surface area contributed by atoms with Gasteiger partial charge in [0, 0.05) is 0 Å². The van der Waals surface area contributed by atoms with Crippen LogP contribution in [-0.4, -0.2) is 19.8 Å². The molecule has 0 aromatic heterocycles. The molecule has 0 saturated heterocycles. The number of halogens is 3. The van der Waals surface area contributed by atoms with E-state index in [9.17, 15) is 8.78 Å². The van der Waals surface area contributed by atoms with Gasteiger partial charge in [0.2, 0.25) is 0 Å². The van der Waals surface area contributed by atoms with Crippen LogP contribution in [0.15, 0.2) is 0 Å². The Morgan fingerprint density at radius 3 is 1.85 bits per heavy atom. The Morgan fingerprint density at radius 2 is 1.62 bits per heavy atom. The first kappa shape index (κ1) is 13.5. The number of hydrogen-bond acceptors (Lipinski definition) is 1. The van der Waals surface area contributed by atoms with Crippen LogP contribution in [0.3, 0.4) is 0 Å². The highest BCUT2D eigenvalue weighted by atomic mass is 79.9. The first-order valence-corrected chi connectivity index (χ1v) is 7.86. The average Bonchev–Trinajstić information content (AvgIpc) is 1.79. The molecule has 5 heteroatoms. The monoisotopic (exact) mass is 274 g/mol. The van der Waals surface area contributed by atoms with Crippen LogP contribution in [-0.2, 0) is 4.43 Å². The number of rotatable bonds is 3. The maximum atomic E-state index is 12.5. The molecule has 0 bridgehead atoms. The largest absolute Gasteiger partial charge is 0.410 e. The molecule has 0 fully saturated rings. The first-order valence-electron chi connectivity index (χ1n) is 4.16. The highest BCUT2D eigenvalue weighted by Crippen LogP contribution is 2.37. The SMILES string of the molecule is CC(C)(C)[Si](C)(C)OCC(F)(F)Br. The van der Waals surface area contributed by atoms with Gasteiger partial charge in [0.25, 0.3) is 0 Å². The minimum absolute atomic E-state index is 0.0226. The van der Waals surface area contributed by atoms with Crippen molar-refractivity contribution in [1.29, 1.82) is 0 Å². The molecule has 0 spiro atoms. The lowest BCUT2D eigenvalue weighted by Gasteiger charge is -2.36. The molecule has 0 aromatic carbocycles. The Balaban J connectivity index is 4.21. The zero-order valence-corrected chi connectivity index (χ0v) is 11.3. The average molecular weight is 275 g/mol. The van der Waals surface area contributed by atoms with Crippen LogP contribution >= 0.6 is 15.9 Å². The summed E-state index contributed by atoms with van der Waals surface area (Å²) in [4.78, 5) is -2.90. The van der Waals surface area contributed by atoms with Crippen molar-refractivity contribution < 1.29 is 13.2 Å². The maximum Gasteiger partial charge on any atom is 0.322 e. The van der Waals surface area contributed by atoms with Gasteiger partial charge in [-0.1, -0.05) is 20.8 Å². The van der Waals surface area contributed by atoms with E-state index in [0.29, 0.717) is 0 Å². The van der Waals surface area contributed by atoms with Gasteiger partial charge < -0.3 is 4.43 Å². The molecule has 0 rings (SSSR count). The highest BCUT2D eigenvalue weighted by Gasteiger charge is 2.39. The van der Waals surface area contributed by atoms with Crippen molar-refractivity contribution >= 4 is 24.2 Å². The van der Waals surface area contributed by atoms with Crippen LogP contribution in [0.25, 0.3) is 0 Å². The zero-order valence-electron chi connectivity index (χ0n) is 8.75. The lowest BCUT2D eigenvalue weighted by Crippen LogP contribution is -2.42. The lowest BCUT2D eigenvalue weighted by atomic mass is 10.2. The molecule has 13 heavy (non-hydrogen) atoms. The van der Waals surface area contributed by atoms with Crippen LogP contribution in [0.2, 0.25) is 18.1 Å². The lowest BCUT2D eigenvalue weighted by molar-refractivity contribution is 0.0483. The van der Waals surface area contributed by atoms with E-state index in [0.717, 1.165) is 0 Å². The second kappa shape index (κ2) is 3.94. The van der Waals surface area contributed by atoms with Crippen molar-refractivity contribution in [2.24, 2.45) is 0 Å². The van der Waals surface area contributed by atoms with Crippen molar-refractivity contribution in [3.63, 3.8) is 0 Å². The quantitative estimate of drug-likeness (QED) is 0.559. The third kappa shape index (κ3) is 5.07. The van der Waals surface area contributed by atoms with Crippen LogP contribution < -0.4 is 0 Å². The molecule has 0 radical (unpaired) electrons. The van der Waals surface area contributed by atoms with Gasteiger partial charge in [0.1, 0.15) is 6.61 Å². The summed E-state index contributed by atoms with van der Waals surface area (Å²) < 4.78 is 30.2. The van der Waals surface area contributed by atoms with E-state index < -0.39 is 19.8 Å². The molecule has 0 aliphatic rings. The molecule has 0 aromatic rings. The third-order valence-corrected chi connectivity index (χ3v) is 7.11. The third-order valence-electron chi connectivity index (χ3n) is 2.40. The van der Waals surface area contributed by atoms with Gasteiger partial charge in [-0.25, -0.2) is 0 Å². The van der Waals surface area contributed by atoms with Gasteiger partial charge >= 0.3 is 4.83 Å². The van der Waals surface area contributed by atoms with Crippen molar-refractivity contribution in [3.8, 4) is 0 Å². The fraction of sp³-hybridized carbons (Fsp3) is 1.00. The van der Waals surface area contributed by atoms with Crippen molar-refractivity contribution in [2.45, 2.75) is 43.7 Å². The smallest absolute Gasteiger partial charge is 0.322 e. The Bertz CT molecular complexity index is 172. The Labute approximate surface area is 88.1 Å². The minimum atomic E-state index is -2.90. The molecule has 0 aliphatic heterocycles. The minimum Gasteiger partial charge on any atom is -0.410 e. The molecule has 0 heterocycles. The molecule has 0 atom stereocenters. The summed E-state index contributed by atoms with van der Waals surface area (Å²) in [6, 6.07) is 0. The summed E-state index contributed by atoms with van der Waals surface area (Å²) in [5.74, 6) is 0. The van der Waals surface area contributed by atoms with Crippen LogP contribution in [0.5, 0.6) is 0 Å². The summed E-state index contributed by atoms with van der Waals surface area (Å²) in [5.41, 5.74) is 0. The fourth-order valence-electron chi connectivity index (χ4n) is 0.479. The summed E-state index contributed by atoms with van der Waals surface area (Å²) >= 11 is 2.26. The molecule has 0 aliphatic carbocycles. The molecular formula is C8H17BrF2OSi. The van der Waals surface area contributed by atoms with Crippen LogP contribution in [0, 0.1) is 0 Å². The summed E-state index contributed by atoms with van der Waals surface area (Å²) in [5, 5.41) is -0.0226. The number of hydrogen-bond donors (Lipinski definition) is 0. The molecule has 1 nitrogen and oxygen atoms in total. The fourth-order valence-corrected chi connectivity index (χ4v) is 1.78. The second-order valence-corrected chi connectivity index (χ2v) is 10.6. The van der Waals surface area contributed by atoms with Crippen molar-refractivity contribution in [1.82, 2.24) is 0 Å². The highest BCUT2D eigenvalue weighted by molar-refractivity contribution is 9.10. The summed E-state index contributed by atoms with van der Waals surface area (Å²) in [7, 11) is -2.02. The van der Waals surface area contributed by atoms with Gasteiger partial charge in [-0.2, -0.15) is 8.78 Å². The standard InChI is InChI=1S/C8H17BrF2OSi/c1-7(2,3)13(4,5)12-6-8(9,10)11/h6H2,1-5H3. The van der Waals surface area contributed by atoms with E-state index >= 15 is 0 Å². The van der Waals surface area contributed by atoms with Crippen molar-refractivity contribution in [2.75, 3.05) is 6.61 Å².